The van der Waals surface area contributed by atoms with Gasteiger partial charge < -0.3 is 14.0 Å². The summed E-state index contributed by atoms with van der Waals surface area (Å²) < 4.78 is 45.4. The van der Waals surface area contributed by atoms with E-state index in [1.807, 2.05) is 6.92 Å². The minimum Gasteiger partial charge on any atom is -0.744 e. The molecular formula is C40H69NO5S2. The van der Waals surface area contributed by atoms with Gasteiger partial charge in [-0.05, 0) is 50.7 Å². The highest BCUT2D eigenvalue weighted by Gasteiger charge is 2.25. The molecular weight excluding hydrogens is 639 g/mol. The van der Waals surface area contributed by atoms with Crippen LogP contribution in [0.3, 0.4) is 0 Å². The Kier molecular flexibility index (Phi) is 25.3. The third kappa shape index (κ3) is 23.2. The molecule has 1 fully saturated rings. The number of thiazole rings is 1. The molecule has 0 radical (unpaired) electrons. The first kappa shape index (κ1) is 42.8. The number of hydrogen-bond acceptors (Lipinski definition) is 6. The Morgan fingerprint density at radius 1 is 0.792 bits per heavy atom. The summed E-state index contributed by atoms with van der Waals surface area (Å²) >= 11 is 1.78. The Bertz CT molecular complexity index is 1090. The Labute approximate surface area is 299 Å². The summed E-state index contributed by atoms with van der Waals surface area (Å²) in [6.45, 7) is 7.99. The van der Waals surface area contributed by atoms with Crippen molar-refractivity contribution in [3.05, 3.63) is 46.9 Å². The van der Waals surface area contributed by atoms with Crippen molar-refractivity contribution >= 4 is 21.5 Å². The predicted molar refractivity (Wildman–Crippen MR) is 200 cm³/mol. The summed E-state index contributed by atoms with van der Waals surface area (Å²) in [5.41, 5.74) is 3.13. The van der Waals surface area contributed by atoms with Crippen LogP contribution in [0.25, 0.3) is 0 Å². The summed E-state index contributed by atoms with van der Waals surface area (Å²) in [7, 11) is -4.27. The fourth-order valence-electron chi connectivity index (χ4n) is 6.42. The minimum atomic E-state index is -4.27. The van der Waals surface area contributed by atoms with Crippen molar-refractivity contribution in [2.45, 2.75) is 179 Å². The third-order valence-electron chi connectivity index (χ3n) is 9.48. The zero-order valence-electron chi connectivity index (χ0n) is 30.6. The highest BCUT2D eigenvalue weighted by atomic mass is 32.2. The van der Waals surface area contributed by atoms with E-state index in [0.29, 0.717) is 6.10 Å². The Morgan fingerprint density at radius 2 is 1.33 bits per heavy atom. The maximum absolute atomic E-state index is 10.4. The van der Waals surface area contributed by atoms with E-state index >= 15 is 0 Å². The number of aryl methyl sites for hydroxylation is 2. The number of aromatic nitrogens is 1. The molecule has 1 aromatic carbocycles. The van der Waals surface area contributed by atoms with Crippen molar-refractivity contribution in [1.29, 1.82) is 0 Å². The normalized spacial score (nSPS) is 16.2. The van der Waals surface area contributed by atoms with Gasteiger partial charge in [-0.15, -0.1) is 0 Å². The van der Waals surface area contributed by atoms with E-state index in [0.717, 1.165) is 31.3 Å². The summed E-state index contributed by atoms with van der Waals surface area (Å²) in [6, 6.07) is 5.78. The van der Waals surface area contributed by atoms with Gasteiger partial charge in [0.2, 0.25) is 5.51 Å². The molecule has 0 aliphatic carbocycles. The van der Waals surface area contributed by atoms with E-state index < -0.39 is 10.1 Å². The van der Waals surface area contributed by atoms with Crippen molar-refractivity contribution in [2.24, 2.45) is 5.92 Å². The molecule has 0 unspecified atom stereocenters. The van der Waals surface area contributed by atoms with E-state index in [1.165, 1.54) is 166 Å². The van der Waals surface area contributed by atoms with Gasteiger partial charge in [-0.3, -0.25) is 0 Å². The second-order valence-corrected chi connectivity index (χ2v) is 16.2. The lowest BCUT2D eigenvalue weighted by atomic mass is 9.97. The lowest BCUT2D eigenvalue weighted by Gasteiger charge is -2.10. The van der Waals surface area contributed by atoms with E-state index in [9.17, 15) is 13.0 Å². The van der Waals surface area contributed by atoms with Gasteiger partial charge in [0, 0.05) is 19.6 Å². The van der Waals surface area contributed by atoms with Crippen LogP contribution in [0.5, 0.6) is 0 Å². The summed E-state index contributed by atoms with van der Waals surface area (Å²) in [6.07, 6.45) is 34.7. The Morgan fingerprint density at radius 3 is 1.88 bits per heavy atom. The van der Waals surface area contributed by atoms with Crippen LogP contribution in [0.15, 0.2) is 46.2 Å². The Hall–Kier alpha value is -1.32. The fraction of sp³-hybridized carbons (Fsp3) is 0.775. The van der Waals surface area contributed by atoms with E-state index in [1.54, 1.807) is 23.5 Å². The van der Waals surface area contributed by atoms with Crippen molar-refractivity contribution in [1.82, 2.24) is 0 Å². The molecule has 2 aromatic rings. The smallest absolute Gasteiger partial charge is 0.224 e. The average Bonchev–Trinajstić information content (AvgIpc) is 3.76. The van der Waals surface area contributed by atoms with Crippen LogP contribution in [0.4, 0.5) is 0 Å². The predicted octanol–water partition coefficient (Wildman–Crippen LogP) is 11.0. The third-order valence-corrected chi connectivity index (χ3v) is 11.0. The average molecular weight is 708 g/mol. The van der Waals surface area contributed by atoms with Gasteiger partial charge in [0.15, 0.2) is 6.20 Å². The lowest BCUT2D eigenvalue weighted by Crippen LogP contribution is -2.29. The molecule has 0 bridgehead atoms. The fourth-order valence-corrected chi connectivity index (χ4v) is 7.51. The number of benzene rings is 1. The molecule has 1 aromatic heterocycles. The first-order valence-corrected chi connectivity index (χ1v) is 21.9. The molecule has 1 saturated heterocycles. The van der Waals surface area contributed by atoms with Gasteiger partial charge in [-0.2, -0.15) is 4.57 Å². The molecule has 1 aliphatic rings. The minimum absolute atomic E-state index is 0.178. The van der Waals surface area contributed by atoms with E-state index in [2.05, 4.69) is 28.6 Å². The molecule has 2 atom stereocenters. The largest absolute Gasteiger partial charge is 0.744 e. The first-order valence-electron chi connectivity index (χ1n) is 19.5. The number of rotatable bonds is 28. The molecule has 0 spiro atoms. The molecule has 1 aliphatic heterocycles. The number of nitrogens with zero attached hydrogens (tertiary/aromatic N) is 1. The standard InChI is InChI=1S/C33H62NO2S.C7H8O3S/c1-2-3-4-5-6-7-8-9-10-11-12-13-14-17-20-23-32-28-33(36-29-32)30-35-26-22-19-16-15-18-21-24-34-25-27-37-31-34;1-6-2-4-7(5-3-6)11(8,9)10/h25,27,31-33H,2-24,26,28-30H2,1H3;2-5H,1H3,(H,8,9,10)/q+1;/p-1/t32-,33+;/m1./s1. The second kappa shape index (κ2) is 28.4. The van der Waals surface area contributed by atoms with Crippen LogP contribution in [-0.4, -0.2) is 38.9 Å². The summed E-state index contributed by atoms with van der Waals surface area (Å²) in [4.78, 5) is -0.178. The maximum atomic E-state index is 10.4. The Balaban J connectivity index is 0.000000613. The summed E-state index contributed by atoms with van der Waals surface area (Å²) in [5.74, 6) is 0.780. The zero-order chi connectivity index (χ0) is 34.5. The van der Waals surface area contributed by atoms with Crippen LogP contribution >= 0.6 is 11.3 Å². The van der Waals surface area contributed by atoms with Crippen LogP contribution in [0, 0.1) is 12.8 Å². The van der Waals surface area contributed by atoms with Crippen LogP contribution < -0.4 is 4.57 Å². The molecule has 6 nitrogen and oxygen atoms in total. The molecule has 0 N–H and O–H groups in total. The van der Waals surface area contributed by atoms with Gasteiger partial charge in [-0.1, -0.05) is 152 Å². The van der Waals surface area contributed by atoms with Gasteiger partial charge in [0.05, 0.1) is 23.0 Å². The first-order chi connectivity index (χ1) is 23.4. The van der Waals surface area contributed by atoms with Crippen molar-refractivity contribution in [2.75, 3.05) is 19.8 Å². The highest BCUT2D eigenvalue weighted by molar-refractivity contribution is 7.85. The van der Waals surface area contributed by atoms with Crippen molar-refractivity contribution in [3.63, 3.8) is 0 Å². The van der Waals surface area contributed by atoms with Crippen molar-refractivity contribution in [3.8, 4) is 0 Å². The maximum Gasteiger partial charge on any atom is 0.224 e. The van der Waals surface area contributed by atoms with E-state index in [-0.39, 0.29) is 4.90 Å². The van der Waals surface area contributed by atoms with Crippen LogP contribution in [-0.2, 0) is 26.1 Å². The number of hydrogen-bond donors (Lipinski definition) is 0. The number of ether oxygens (including phenoxy) is 2. The van der Waals surface area contributed by atoms with Gasteiger partial charge in [0.25, 0.3) is 0 Å². The molecule has 0 saturated carbocycles. The highest BCUT2D eigenvalue weighted by Crippen LogP contribution is 2.25. The topological polar surface area (TPSA) is 79.5 Å². The molecule has 2 heterocycles. The molecule has 0 amide bonds. The number of unbranched alkanes of at least 4 members (excludes halogenated alkanes) is 19. The van der Waals surface area contributed by atoms with Gasteiger partial charge in [-0.25, -0.2) is 8.42 Å². The lowest BCUT2D eigenvalue weighted by molar-refractivity contribution is -0.692. The molecule has 3 rings (SSSR count). The van der Waals surface area contributed by atoms with Crippen molar-refractivity contribution < 1.29 is 27.0 Å². The molecule has 276 valence electrons. The van der Waals surface area contributed by atoms with Gasteiger partial charge >= 0.3 is 0 Å². The quantitative estimate of drug-likeness (QED) is 0.0500. The zero-order valence-corrected chi connectivity index (χ0v) is 32.2. The SMILES string of the molecule is CCCCCCCCCCCCCCCCC[C@H]1CO[C@H](COCCCCCCCC[n+]2ccsc2)C1.Cc1ccc(S(=O)(=O)[O-])cc1. The molecule has 48 heavy (non-hydrogen) atoms. The van der Waals surface area contributed by atoms with Crippen LogP contribution in [0.1, 0.15) is 160 Å². The van der Waals surface area contributed by atoms with E-state index in [4.69, 9.17) is 9.47 Å². The van der Waals surface area contributed by atoms with Crippen LogP contribution in [0.2, 0.25) is 0 Å². The van der Waals surface area contributed by atoms with Gasteiger partial charge in [0.1, 0.15) is 16.7 Å². The summed E-state index contributed by atoms with van der Waals surface area (Å²) in [5, 5.41) is 2.15. The second-order valence-electron chi connectivity index (χ2n) is 14.0. The molecule has 8 heteroatoms. The monoisotopic (exact) mass is 707 g/mol.